The lowest BCUT2D eigenvalue weighted by Gasteiger charge is -2.33. The third-order valence-corrected chi connectivity index (χ3v) is 4.64. The Kier molecular flexibility index (Phi) is 4.57. The molecule has 0 aliphatic carbocycles. The first kappa shape index (κ1) is 15.8. The molecule has 0 aromatic heterocycles. The van der Waals surface area contributed by atoms with Crippen molar-refractivity contribution in [2.24, 2.45) is 5.92 Å². The van der Waals surface area contributed by atoms with Crippen molar-refractivity contribution in [3.05, 3.63) is 34.9 Å². The number of nitrogens with zero attached hydrogens (tertiary/aromatic N) is 1. The van der Waals surface area contributed by atoms with Crippen molar-refractivity contribution in [1.29, 1.82) is 0 Å². The van der Waals surface area contributed by atoms with Crippen LogP contribution in [0.3, 0.4) is 0 Å². The quantitative estimate of drug-likeness (QED) is 0.930. The molecule has 2 rings (SSSR count). The largest absolute Gasteiger partial charge is 0.480 e. The second-order valence-corrected chi connectivity index (χ2v) is 6.28. The van der Waals surface area contributed by atoms with Gasteiger partial charge in [-0.25, -0.2) is 4.79 Å². The Bertz CT molecular complexity index is 560. The van der Waals surface area contributed by atoms with Gasteiger partial charge in [0.25, 0.3) is 0 Å². The number of carboxylic acid groups (broad SMARTS) is 1. The molecule has 1 heterocycles. The second-order valence-electron chi connectivity index (χ2n) is 5.87. The van der Waals surface area contributed by atoms with Gasteiger partial charge >= 0.3 is 5.97 Å². The van der Waals surface area contributed by atoms with Gasteiger partial charge in [0.15, 0.2) is 0 Å². The van der Waals surface area contributed by atoms with Crippen molar-refractivity contribution in [2.75, 3.05) is 6.54 Å². The molecular weight excluding hydrogens is 290 g/mol. The lowest BCUT2D eigenvalue weighted by molar-refractivity contribution is -0.156. The molecule has 0 bridgehead atoms. The highest BCUT2D eigenvalue weighted by atomic mass is 35.5. The van der Waals surface area contributed by atoms with Crippen molar-refractivity contribution in [1.82, 2.24) is 4.90 Å². The SMILES string of the molecule is CC(Cc1ccccc1Cl)C(=O)N1CCCC1(C)C(=O)O. The van der Waals surface area contributed by atoms with E-state index in [9.17, 15) is 14.7 Å². The maximum absolute atomic E-state index is 12.6. The minimum Gasteiger partial charge on any atom is -0.480 e. The van der Waals surface area contributed by atoms with Crippen LogP contribution in [0.1, 0.15) is 32.3 Å². The average molecular weight is 310 g/mol. The average Bonchev–Trinajstić information content (AvgIpc) is 2.84. The molecule has 4 nitrogen and oxygen atoms in total. The summed E-state index contributed by atoms with van der Waals surface area (Å²) in [4.78, 5) is 25.6. The molecule has 1 amide bonds. The number of rotatable bonds is 4. The zero-order chi connectivity index (χ0) is 15.6. The molecule has 1 N–H and O–H groups in total. The number of benzene rings is 1. The molecular formula is C16H20ClNO3. The summed E-state index contributed by atoms with van der Waals surface area (Å²) >= 11 is 6.12. The molecule has 21 heavy (non-hydrogen) atoms. The van der Waals surface area contributed by atoms with Crippen molar-refractivity contribution < 1.29 is 14.7 Å². The Morgan fingerprint density at radius 3 is 2.71 bits per heavy atom. The molecule has 2 unspecified atom stereocenters. The van der Waals surface area contributed by atoms with Crippen molar-refractivity contribution in [3.63, 3.8) is 0 Å². The predicted octanol–water partition coefficient (Wildman–Crippen LogP) is 2.98. The van der Waals surface area contributed by atoms with Crippen LogP contribution in [0.25, 0.3) is 0 Å². The van der Waals surface area contributed by atoms with E-state index >= 15 is 0 Å². The minimum absolute atomic E-state index is 0.114. The maximum atomic E-state index is 12.6. The molecule has 114 valence electrons. The molecule has 0 saturated carbocycles. The van der Waals surface area contributed by atoms with E-state index in [-0.39, 0.29) is 11.8 Å². The number of halogens is 1. The van der Waals surface area contributed by atoms with Gasteiger partial charge in [-0.15, -0.1) is 0 Å². The van der Waals surface area contributed by atoms with E-state index in [0.717, 1.165) is 12.0 Å². The number of hydrogen-bond donors (Lipinski definition) is 1. The highest BCUT2D eigenvalue weighted by Crippen LogP contribution is 2.31. The van der Waals surface area contributed by atoms with Gasteiger partial charge in [-0.05, 0) is 37.8 Å². The lowest BCUT2D eigenvalue weighted by atomic mass is 9.95. The van der Waals surface area contributed by atoms with Crippen molar-refractivity contribution in [3.8, 4) is 0 Å². The third-order valence-electron chi connectivity index (χ3n) is 4.27. The number of carboxylic acids is 1. The summed E-state index contributed by atoms with van der Waals surface area (Å²) in [5, 5.41) is 10.0. The Balaban J connectivity index is 2.13. The van der Waals surface area contributed by atoms with Gasteiger partial charge in [0, 0.05) is 17.5 Å². The van der Waals surface area contributed by atoms with Crippen LogP contribution >= 0.6 is 11.6 Å². The zero-order valence-electron chi connectivity index (χ0n) is 12.3. The van der Waals surface area contributed by atoms with Gasteiger partial charge in [0.05, 0.1) is 0 Å². The van der Waals surface area contributed by atoms with Gasteiger partial charge < -0.3 is 10.0 Å². The van der Waals surface area contributed by atoms with Crippen LogP contribution in [-0.2, 0) is 16.0 Å². The molecule has 1 aliphatic heterocycles. The predicted molar refractivity (Wildman–Crippen MR) is 81.3 cm³/mol. The number of carbonyl (C=O) groups excluding carboxylic acids is 1. The van der Waals surface area contributed by atoms with E-state index in [1.54, 1.807) is 13.0 Å². The summed E-state index contributed by atoms with van der Waals surface area (Å²) in [6.45, 7) is 3.96. The molecule has 1 aromatic carbocycles. The van der Waals surface area contributed by atoms with Crippen LogP contribution in [-0.4, -0.2) is 34.0 Å². The fraction of sp³-hybridized carbons (Fsp3) is 0.500. The summed E-state index contributed by atoms with van der Waals surface area (Å²) in [6.07, 6.45) is 1.75. The van der Waals surface area contributed by atoms with Crippen LogP contribution in [0.15, 0.2) is 24.3 Å². The zero-order valence-corrected chi connectivity index (χ0v) is 13.1. The normalized spacial score (nSPS) is 23.1. The molecule has 1 saturated heterocycles. The molecule has 5 heteroatoms. The summed E-state index contributed by atoms with van der Waals surface area (Å²) in [6, 6.07) is 7.42. The fourth-order valence-corrected chi connectivity index (χ4v) is 3.10. The number of aliphatic carboxylic acids is 1. The van der Waals surface area contributed by atoms with Gasteiger partial charge in [0.2, 0.25) is 5.91 Å². The van der Waals surface area contributed by atoms with E-state index in [1.165, 1.54) is 4.90 Å². The van der Waals surface area contributed by atoms with Crippen molar-refractivity contribution in [2.45, 2.75) is 38.6 Å². The monoisotopic (exact) mass is 309 g/mol. The topological polar surface area (TPSA) is 57.6 Å². The number of amides is 1. The highest BCUT2D eigenvalue weighted by Gasteiger charge is 2.46. The summed E-state index contributed by atoms with van der Waals surface area (Å²) < 4.78 is 0. The first-order valence-corrected chi connectivity index (χ1v) is 7.52. The van der Waals surface area contributed by atoms with Crippen LogP contribution in [0.4, 0.5) is 0 Å². The fourth-order valence-electron chi connectivity index (χ4n) is 2.89. The molecule has 1 aliphatic rings. The number of hydrogen-bond acceptors (Lipinski definition) is 2. The summed E-state index contributed by atoms with van der Waals surface area (Å²) in [7, 11) is 0. The first-order valence-electron chi connectivity index (χ1n) is 7.14. The third kappa shape index (κ3) is 3.05. The minimum atomic E-state index is -1.08. The van der Waals surface area contributed by atoms with E-state index < -0.39 is 11.5 Å². The Hall–Kier alpha value is -1.55. The van der Waals surface area contributed by atoms with E-state index in [1.807, 2.05) is 25.1 Å². The lowest BCUT2D eigenvalue weighted by Crippen LogP contribution is -2.52. The van der Waals surface area contributed by atoms with Crippen LogP contribution < -0.4 is 0 Å². The van der Waals surface area contributed by atoms with Gasteiger partial charge in [-0.1, -0.05) is 36.7 Å². The first-order chi connectivity index (χ1) is 9.86. The Morgan fingerprint density at radius 1 is 1.43 bits per heavy atom. The molecule has 1 fully saturated rings. The van der Waals surface area contributed by atoms with E-state index in [2.05, 4.69) is 0 Å². The van der Waals surface area contributed by atoms with Crippen molar-refractivity contribution >= 4 is 23.5 Å². The van der Waals surface area contributed by atoms with E-state index in [4.69, 9.17) is 11.6 Å². The van der Waals surface area contributed by atoms with Gasteiger partial charge in [0.1, 0.15) is 5.54 Å². The standard InChI is InChI=1S/C16H20ClNO3/c1-11(10-12-6-3-4-7-13(12)17)14(19)18-9-5-8-16(18,2)15(20)21/h3-4,6-7,11H,5,8-10H2,1-2H3,(H,20,21). The van der Waals surface area contributed by atoms with Crippen LogP contribution in [0, 0.1) is 5.92 Å². The number of carbonyl (C=O) groups is 2. The van der Waals surface area contributed by atoms with Crippen LogP contribution in [0.2, 0.25) is 5.02 Å². The second kappa shape index (κ2) is 6.06. The maximum Gasteiger partial charge on any atom is 0.329 e. The summed E-state index contributed by atoms with van der Waals surface area (Å²) in [5.74, 6) is -1.34. The van der Waals surface area contributed by atoms with Gasteiger partial charge in [-0.2, -0.15) is 0 Å². The molecule has 1 aromatic rings. The van der Waals surface area contributed by atoms with Gasteiger partial charge in [-0.3, -0.25) is 4.79 Å². The molecule has 0 radical (unpaired) electrons. The molecule has 2 atom stereocenters. The smallest absolute Gasteiger partial charge is 0.329 e. The molecule has 0 spiro atoms. The van der Waals surface area contributed by atoms with Crippen LogP contribution in [0.5, 0.6) is 0 Å². The van der Waals surface area contributed by atoms with E-state index in [0.29, 0.717) is 24.4 Å². The highest BCUT2D eigenvalue weighted by molar-refractivity contribution is 6.31. The Labute approximate surface area is 129 Å². The Morgan fingerprint density at radius 2 is 2.10 bits per heavy atom. The number of likely N-dealkylation sites (tertiary alicyclic amines) is 1. The summed E-state index contributed by atoms with van der Waals surface area (Å²) in [5.41, 5.74) is -0.164.